The van der Waals surface area contributed by atoms with Gasteiger partial charge in [-0.2, -0.15) is 4.57 Å². The van der Waals surface area contributed by atoms with Crippen LogP contribution in [-0.4, -0.2) is 26.4 Å². The number of unbranched alkanes of at least 4 members (excludes halogenated alkanes) is 5. The molecule has 1 N–H and O–H groups in total. The number of methoxy groups -OCH3 is 3. The Labute approximate surface area is 209 Å². The number of aryl methyl sites for hydroxylation is 3. The number of hydrogen-bond donors (Lipinski definition) is 1. The predicted octanol–water partition coefficient (Wildman–Crippen LogP) is 2.99. The normalized spacial score (nSPS) is 12.0. The molecule has 0 bridgehead atoms. The summed E-state index contributed by atoms with van der Waals surface area (Å²) in [5, 5.41) is 12.8. The minimum Gasteiger partial charge on any atom is -1.00 e. The van der Waals surface area contributed by atoms with Crippen LogP contribution in [0.25, 0.3) is 22.0 Å². The molecule has 0 unspecified atom stereocenters. The number of aromatic hydroxyl groups is 1. The molecule has 1 aliphatic heterocycles. The Morgan fingerprint density at radius 3 is 2.32 bits per heavy atom. The van der Waals surface area contributed by atoms with Crippen molar-refractivity contribution in [3.8, 4) is 34.3 Å². The first-order valence-corrected chi connectivity index (χ1v) is 12.1. The lowest BCUT2D eigenvalue weighted by molar-refractivity contribution is -0.686. The number of aromatic nitrogens is 1. The highest BCUT2D eigenvalue weighted by Crippen LogP contribution is 2.42. The van der Waals surface area contributed by atoms with Gasteiger partial charge in [0.25, 0.3) is 0 Å². The van der Waals surface area contributed by atoms with Crippen molar-refractivity contribution < 1.29 is 36.3 Å². The van der Waals surface area contributed by atoms with Crippen molar-refractivity contribution in [3.05, 3.63) is 41.6 Å². The van der Waals surface area contributed by atoms with Crippen molar-refractivity contribution in [1.82, 2.24) is 0 Å². The summed E-state index contributed by atoms with van der Waals surface area (Å²) in [5.41, 5.74) is 4.82. The number of fused-ring (bicyclic) bond motifs is 4. The van der Waals surface area contributed by atoms with Crippen molar-refractivity contribution >= 4 is 10.8 Å². The molecule has 2 heterocycles. The standard InChI is InChI=1S/C28H35NO4.ClH/c1-5-6-7-8-9-10-11-21-20-12-13-25(31-2)28(33-4)23(20)18-29-15-14-19-16-26(32-3)24(30)17-22(19)27(21)29;/h12-13,16-18H,5-11,14-15H2,1-4H3;1H. The number of benzene rings is 2. The molecule has 0 saturated heterocycles. The zero-order chi connectivity index (χ0) is 23.4. The van der Waals surface area contributed by atoms with Crippen molar-refractivity contribution in [2.24, 2.45) is 0 Å². The van der Waals surface area contributed by atoms with Gasteiger partial charge in [-0.05, 0) is 42.7 Å². The maximum absolute atomic E-state index is 10.6. The third-order valence-electron chi connectivity index (χ3n) is 6.83. The van der Waals surface area contributed by atoms with Crippen LogP contribution in [0.3, 0.4) is 0 Å². The number of phenolic OH excluding ortho intramolecular Hbond substituents is 1. The van der Waals surface area contributed by atoms with Gasteiger partial charge in [-0.15, -0.1) is 0 Å². The van der Waals surface area contributed by atoms with E-state index in [-0.39, 0.29) is 18.2 Å². The fourth-order valence-electron chi connectivity index (χ4n) is 5.13. The van der Waals surface area contributed by atoms with Crippen molar-refractivity contribution in [1.29, 1.82) is 0 Å². The van der Waals surface area contributed by atoms with E-state index in [1.165, 1.54) is 54.3 Å². The van der Waals surface area contributed by atoms with Crippen LogP contribution >= 0.6 is 0 Å². The largest absolute Gasteiger partial charge is 1.00 e. The fourth-order valence-corrected chi connectivity index (χ4v) is 5.13. The molecule has 5 nitrogen and oxygen atoms in total. The van der Waals surface area contributed by atoms with Gasteiger partial charge in [0, 0.05) is 17.4 Å². The lowest BCUT2D eigenvalue weighted by Crippen LogP contribution is -3.00. The second-order valence-corrected chi connectivity index (χ2v) is 8.86. The average Bonchev–Trinajstić information content (AvgIpc) is 2.84. The number of ether oxygens (including phenoxy) is 3. The summed E-state index contributed by atoms with van der Waals surface area (Å²) in [7, 11) is 4.98. The molecule has 0 aliphatic carbocycles. The molecule has 184 valence electrons. The number of hydrogen-bond acceptors (Lipinski definition) is 4. The average molecular weight is 486 g/mol. The van der Waals surface area contributed by atoms with Crippen LogP contribution in [-0.2, 0) is 19.4 Å². The number of phenols is 1. The molecule has 0 radical (unpaired) electrons. The highest BCUT2D eigenvalue weighted by Gasteiger charge is 2.31. The second-order valence-electron chi connectivity index (χ2n) is 8.86. The maximum atomic E-state index is 10.6. The van der Waals surface area contributed by atoms with Crippen molar-refractivity contribution in [3.63, 3.8) is 0 Å². The van der Waals surface area contributed by atoms with Crippen LogP contribution in [0.2, 0.25) is 0 Å². The molecule has 3 aromatic rings. The first-order valence-electron chi connectivity index (χ1n) is 12.1. The minimum absolute atomic E-state index is 0. The van der Waals surface area contributed by atoms with E-state index >= 15 is 0 Å². The first-order chi connectivity index (χ1) is 16.1. The Balaban J connectivity index is 0.00000324. The Hall–Kier alpha value is -2.66. The summed E-state index contributed by atoms with van der Waals surface area (Å²) in [6.07, 6.45) is 11.6. The number of halogens is 1. The molecule has 0 saturated carbocycles. The number of nitrogens with zero attached hydrogens (tertiary/aromatic N) is 1. The lowest BCUT2D eigenvalue weighted by Gasteiger charge is -2.21. The van der Waals surface area contributed by atoms with Crippen molar-refractivity contribution in [2.45, 2.75) is 64.8 Å². The Morgan fingerprint density at radius 2 is 1.62 bits per heavy atom. The zero-order valence-electron chi connectivity index (χ0n) is 20.7. The van der Waals surface area contributed by atoms with Gasteiger partial charge in [0.05, 0.1) is 32.3 Å². The van der Waals surface area contributed by atoms with Gasteiger partial charge in [0.1, 0.15) is 0 Å². The van der Waals surface area contributed by atoms with E-state index in [1.807, 2.05) is 18.2 Å². The Kier molecular flexibility index (Phi) is 8.90. The van der Waals surface area contributed by atoms with Crippen molar-refractivity contribution in [2.75, 3.05) is 21.3 Å². The minimum atomic E-state index is 0. The van der Waals surface area contributed by atoms with E-state index < -0.39 is 0 Å². The molecule has 2 aromatic carbocycles. The number of pyridine rings is 1. The van der Waals surface area contributed by atoms with Gasteiger partial charge in [0.15, 0.2) is 35.7 Å². The fraction of sp³-hybridized carbons (Fsp3) is 0.464. The molecule has 0 amide bonds. The van der Waals surface area contributed by atoms with Crippen LogP contribution in [0.1, 0.15) is 56.6 Å². The molecule has 4 rings (SSSR count). The van der Waals surface area contributed by atoms with Gasteiger partial charge in [-0.1, -0.05) is 39.0 Å². The van der Waals surface area contributed by atoms with E-state index in [0.29, 0.717) is 5.75 Å². The smallest absolute Gasteiger partial charge is 0.216 e. The van der Waals surface area contributed by atoms with E-state index in [2.05, 4.69) is 23.8 Å². The molecule has 6 heteroatoms. The summed E-state index contributed by atoms with van der Waals surface area (Å²) in [4.78, 5) is 0. The quantitative estimate of drug-likeness (QED) is 0.354. The third kappa shape index (κ3) is 4.90. The molecule has 0 fully saturated rings. The summed E-state index contributed by atoms with van der Waals surface area (Å²) >= 11 is 0. The summed E-state index contributed by atoms with van der Waals surface area (Å²) in [6, 6.07) is 8.01. The van der Waals surface area contributed by atoms with Crippen LogP contribution in [0.15, 0.2) is 30.5 Å². The zero-order valence-corrected chi connectivity index (χ0v) is 21.5. The molecule has 1 aromatic heterocycles. The van der Waals surface area contributed by atoms with E-state index in [4.69, 9.17) is 14.2 Å². The third-order valence-corrected chi connectivity index (χ3v) is 6.83. The summed E-state index contributed by atoms with van der Waals surface area (Å²) < 4.78 is 19.1. The van der Waals surface area contributed by atoms with E-state index in [9.17, 15) is 5.11 Å². The molecular weight excluding hydrogens is 450 g/mol. The molecule has 34 heavy (non-hydrogen) atoms. The van der Waals surface area contributed by atoms with Crippen LogP contribution < -0.4 is 31.2 Å². The van der Waals surface area contributed by atoms with Gasteiger partial charge in [0.2, 0.25) is 5.69 Å². The van der Waals surface area contributed by atoms with Gasteiger partial charge >= 0.3 is 0 Å². The molecule has 0 spiro atoms. The lowest BCUT2D eigenvalue weighted by atomic mass is 9.89. The van der Waals surface area contributed by atoms with Crippen LogP contribution in [0.4, 0.5) is 0 Å². The number of rotatable bonds is 10. The highest BCUT2D eigenvalue weighted by molar-refractivity contribution is 5.95. The van der Waals surface area contributed by atoms with Crippen LogP contribution in [0, 0.1) is 0 Å². The molecule has 0 atom stereocenters. The van der Waals surface area contributed by atoms with Gasteiger partial charge in [-0.3, -0.25) is 0 Å². The monoisotopic (exact) mass is 485 g/mol. The van der Waals surface area contributed by atoms with E-state index in [0.717, 1.165) is 48.3 Å². The molecule has 1 aliphatic rings. The van der Waals surface area contributed by atoms with Gasteiger partial charge < -0.3 is 31.7 Å². The van der Waals surface area contributed by atoms with Gasteiger partial charge in [-0.25, -0.2) is 0 Å². The Morgan fingerprint density at radius 1 is 0.882 bits per heavy atom. The summed E-state index contributed by atoms with van der Waals surface area (Å²) in [5.74, 6) is 2.24. The molecular formula is C28H36ClNO4. The predicted molar refractivity (Wildman–Crippen MR) is 132 cm³/mol. The maximum Gasteiger partial charge on any atom is 0.216 e. The van der Waals surface area contributed by atoms with Crippen LogP contribution in [0.5, 0.6) is 23.0 Å². The van der Waals surface area contributed by atoms with E-state index in [1.54, 1.807) is 21.3 Å². The topological polar surface area (TPSA) is 51.8 Å². The SMILES string of the molecule is CCCCCCCCc1c2[n+](cc3c(OC)c(OC)ccc13)CCc1cc(OC)c(O)cc1-2.[Cl-]. The highest BCUT2D eigenvalue weighted by atomic mass is 35.5. The summed E-state index contributed by atoms with van der Waals surface area (Å²) in [6.45, 7) is 3.12. The second kappa shape index (κ2) is 11.7. The Bertz CT molecular complexity index is 1150. The first kappa shape index (κ1) is 26.0.